The Balaban J connectivity index is 2.47. The standard InChI is InChI=1S/C15H17NO5S/c1-4-21-14(17)15(9-16)12(13(15)22(3,18)19)10-5-7-11(20-2)8-6-10/h5-8,12-13H,4H2,1-3H3/t12-,13-,15-/m1/s1. The molecule has 0 unspecified atom stereocenters. The van der Waals surface area contributed by atoms with Gasteiger partial charge in [0.25, 0.3) is 0 Å². The van der Waals surface area contributed by atoms with Crippen LogP contribution in [0.4, 0.5) is 0 Å². The molecule has 1 aliphatic carbocycles. The highest BCUT2D eigenvalue weighted by Crippen LogP contribution is 2.63. The summed E-state index contributed by atoms with van der Waals surface area (Å²) in [7, 11) is -2.06. The molecule has 6 nitrogen and oxygen atoms in total. The summed E-state index contributed by atoms with van der Waals surface area (Å²) < 4.78 is 34.0. The summed E-state index contributed by atoms with van der Waals surface area (Å²) in [5, 5.41) is 8.39. The first-order chi connectivity index (χ1) is 10.3. The molecule has 118 valence electrons. The van der Waals surface area contributed by atoms with E-state index in [9.17, 15) is 18.5 Å². The van der Waals surface area contributed by atoms with Gasteiger partial charge in [-0.15, -0.1) is 0 Å². The van der Waals surface area contributed by atoms with Crippen LogP contribution in [0, 0.1) is 16.7 Å². The molecule has 1 aromatic carbocycles. The highest BCUT2D eigenvalue weighted by atomic mass is 32.2. The van der Waals surface area contributed by atoms with Crippen LogP contribution in [0.1, 0.15) is 18.4 Å². The molecule has 0 saturated heterocycles. The molecule has 1 saturated carbocycles. The second-order valence-electron chi connectivity index (χ2n) is 5.20. The molecule has 1 aromatic rings. The third-order valence-corrected chi connectivity index (χ3v) is 5.43. The van der Waals surface area contributed by atoms with Gasteiger partial charge in [0.15, 0.2) is 15.3 Å². The van der Waals surface area contributed by atoms with Crippen molar-refractivity contribution in [2.75, 3.05) is 20.0 Å². The predicted octanol–water partition coefficient (Wildman–Crippen LogP) is 1.28. The van der Waals surface area contributed by atoms with E-state index in [1.165, 1.54) is 7.11 Å². The molecule has 0 radical (unpaired) electrons. The summed E-state index contributed by atoms with van der Waals surface area (Å²) in [6.45, 7) is 1.71. The van der Waals surface area contributed by atoms with Crippen molar-refractivity contribution >= 4 is 15.8 Å². The Labute approximate surface area is 129 Å². The number of sulfone groups is 1. The molecule has 3 atom stereocenters. The maximum Gasteiger partial charge on any atom is 0.328 e. The number of benzene rings is 1. The minimum Gasteiger partial charge on any atom is -0.497 e. The number of rotatable bonds is 5. The van der Waals surface area contributed by atoms with E-state index in [0.717, 1.165) is 6.26 Å². The Morgan fingerprint density at radius 1 is 1.36 bits per heavy atom. The molecule has 0 heterocycles. The van der Waals surface area contributed by atoms with Crippen LogP contribution in [0.2, 0.25) is 0 Å². The van der Waals surface area contributed by atoms with E-state index in [2.05, 4.69) is 0 Å². The molecule has 7 heteroatoms. The van der Waals surface area contributed by atoms with Gasteiger partial charge in [-0.25, -0.2) is 8.42 Å². The second-order valence-corrected chi connectivity index (χ2v) is 7.37. The van der Waals surface area contributed by atoms with E-state index in [4.69, 9.17) is 9.47 Å². The summed E-state index contributed by atoms with van der Waals surface area (Å²) >= 11 is 0. The fourth-order valence-corrected chi connectivity index (χ4v) is 4.62. The molecule has 1 aliphatic rings. The SMILES string of the molecule is CCOC(=O)[C@]1(C#N)[C@H](c2ccc(OC)cc2)[C@H]1S(C)(=O)=O. The highest BCUT2D eigenvalue weighted by molar-refractivity contribution is 7.91. The van der Waals surface area contributed by atoms with Gasteiger partial charge in [0.1, 0.15) is 11.0 Å². The van der Waals surface area contributed by atoms with E-state index in [0.29, 0.717) is 11.3 Å². The monoisotopic (exact) mass is 323 g/mol. The maximum atomic E-state index is 12.2. The van der Waals surface area contributed by atoms with Gasteiger partial charge in [0.2, 0.25) is 0 Å². The fraction of sp³-hybridized carbons (Fsp3) is 0.467. The normalized spacial score (nSPS) is 26.8. The molecular formula is C15H17NO5S. The Bertz CT molecular complexity index is 719. The molecule has 0 N–H and O–H groups in total. The van der Waals surface area contributed by atoms with E-state index < -0.39 is 32.4 Å². The minimum atomic E-state index is -3.58. The lowest BCUT2D eigenvalue weighted by Crippen LogP contribution is -2.24. The molecule has 0 spiro atoms. The Morgan fingerprint density at radius 2 is 1.95 bits per heavy atom. The summed E-state index contributed by atoms with van der Waals surface area (Å²) in [5.74, 6) is -0.898. The predicted molar refractivity (Wildman–Crippen MR) is 79.0 cm³/mol. The largest absolute Gasteiger partial charge is 0.497 e. The van der Waals surface area contributed by atoms with Gasteiger partial charge < -0.3 is 9.47 Å². The number of nitriles is 1. The van der Waals surface area contributed by atoms with Crippen LogP contribution < -0.4 is 4.74 Å². The number of methoxy groups -OCH3 is 1. The van der Waals surface area contributed by atoms with Gasteiger partial charge in [-0.05, 0) is 24.6 Å². The second kappa shape index (κ2) is 5.61. The highest BCUT2D eigenvalue weighted by Gasteiger charge is 2.76. The molecule has 0 aromatic heterocycles. The average Bonchev–Trinajstić information content (AvgIpc) is 3.18. The third-order valence-electron chi connectivity index (χ3n) is 3.87. The van der Waals surface area contributed by atoms with E-state index in [-0.39, 0.29) is 6.61 Å². The number of esters is 1. The molecule has 2 rings (SSSR count). The van der Waals surface area contributed by atoms with Crippen molar-refractivity contribution in [3.8, 4) is 11.8 Å². The van der Waals surface area contributed by atoms with E-state index in [1.54, 1.807) is 31.2 Å². The van der Waals surface area contributed by atoms with E-state index in [1.807, 2.05) is 6.07 Å². The third kappa shape index (κ3) is 2.44. The number of nitrogens with zero attached hydrogens (tertiary/aromatic N) is 1. The van der Waals surface area contributed by atoms with Crippen molar-refractivity contribution in [3.63, 3.8) is 0 Å². The van der Waals surface area contributed by atoms with Crippen LogP contribution >= 0.6 is 0 Å². The zero-order valence-corrected chi connectivity index (χ0v) is 13.4. The van der Waals surface area contributed by atoms with Gasteiger partial charge in [-0.1, -0.05) is 12.1 Å². The number of hydrogen-bond donors (Lipinski definition) is 0. The Kier molecular flexibility index (Phi) is 4.16. The van der Waals surface area contributed by atoms with Gasteiger partial charge in [0.05, 0.1) is 19.8 Å². The Hall–Kier alpha value is -2.07. The lowest BCUT2D eigenvalue weighted by molar-refractivity contribution is -0.147. The first kappa shape index (κ1) is 16.3. The maximum absolute atomic E-state index is 12.2. The van der Waals surface area contributed by atoms with Gasteiger partial charge in [-0.2, -0.15) is 5.26 Å². The number of carbonyl (C=O) groups excluding carboxylic acids is 1. The van der Waals surface area contributed by atoms with Crippen molar-refractivity contribution in [2.45, 2.75) is 18.1 Å². The summed E-state index contributed by atoms with van der Waals surface area (Å²) in [6.07, 6.45) is 1.03. The first-order valence-corrected chi connectivity index (χ1v) is 8.69. The van der Waals surface area contributed by atoms with Crippen LogP contribution in [0.15, 0.2) is 24.3 Å². The van der Waals surface area contributed by atoms with Crippen LogP contribution in [-0.2, 0) is 19.4 Å². The molecule has 0 amide bonds. The lowest BCUT2D eigenvalue weighted by Gasteiger charge is -2.08. The van der Waals surface area contributed by atoms with Crippen molar-refractivity contribution < 1.29 is 22.7 Å². The number of carbonyl (C=O) groups is 1. The van der Waals surface area contributed by atoms with Crippen LogP contribution in [0.25, 0.3) is 0 Å². The number of ether oxygens (including phenoxy) is 2. The van der Waals surface area contributed by atoms with Crippen LogP contribution in [0.5, 0.6) is 5.75 Å². The van der Waals surface area contributed by atoms with Gasteiger partial charge >= 0.3 is 5.97 Å². The van der Waals surface area contributed by atoms with Crippen LogP contribution in [0.3, 0.4) is 0 Å². The summed E-state index contributed by atoms with van der Waals surface area (Å²) in [6, 6.07) is 8.55. The molecule has 0 bridgehead atoms. The molecule has 22 heavy (non-hydrogen) atoms. The van der Waals surface area contributed by atoms with Crippen molar-refractivity contribution in [3.05, 3.63) is 29.8 Å². The van der Waals surface area contributed by atoms with Crippen molar-refractivity contribution in [1.82, 2.24) is 0 Å². The first-order valence-electron chi connectivity index (χ1n) is 6.74. The quantitative estimate of drug-likeness (QED) is 0.758. The van der Waals surface area contributed by atoms with Crippen molar-refractivity contribution in [1.29, 1.82) is 5.26 Å². The molecule has 1 fully saturated rings. The lowest BCUT2D eigenvalue weighted by atomic mass is 10.0. The topological polar surface area (TPSA) is 93.5 Å². The smallest absolute Gasteiger partial charge is 0.328 e. The van der Waals surface area contributed by atoms with Gasteiger partial charge in [-0.3, -0.25) is 4.79 Å². The molecule has 0 aliphatic heterocycles. The zero-order valence-electron chi connectivity index (χ0n) is 12.6. The summed E-state index contributed by atoms with van der Waals surface area (Å²) in [4.78, 5) is 12.2. The van der Waals surface area contributed by atoms with Crippen LogP contribution in [-0.4, -0.2) is 39.6 Å². The summed E-state index contributed by atoms with van der Waals surface area (Å²) in [5.41, 5.74) is -1.07. The average molecular weight is 323 g/mol. The van der Waals surface area contributed by atoms with Crippen molar-refractivity contribution in [2.24, 2.45) is 5.41 Å². The zero-order chi connectivity index (χ0) is 16.5. The Morgan fingerprint density at radius 3 is 2.36 bits per heavy atom. The van der Waals surface area contributed by atoms with E-state index >= 15 is 0 Å². The number of hydrogen-bond acceptors (Lipinski definition) is 6. The van der Waals surface area contributed by atoms with Gasteiger partial charge in [0, 0.05) is 12.2 Å². The fourth-order valence-electron chi connectivity index (χ4n) is 2.86. The minimum absolute atomic E-state index is 0.0913. The molecular weight excluding hydrogens is 306 g/mol.